The molecule has 0 spiro atoms. The predicted octanol–water partition coefficient (Wildman–Crippen LogP) is 1.78. The Morgan fingerprint density at radius 2 is 2.22 bits per heavy atom. The summed E-state index contributed by atoms with van der Waals surface area (Å²) < 4.78 is 10.2. The minimum atomic E-state index is 0.533. The fourth-order valence-electron chi connectivity index (χ4n) is 0.667. The molecule has 0 N–H and O–H groups in total. The van der Waals surface area contributed by atoms with Gasteiger partial charge in [0.05, 0.1) is 0 Å². The molecule has 0 aliphatic carbocycles. The average molecular weight is 139 g/mol. The number of hydrogen-bond acceptors (Lipinski definition) is 1. The molecule has 0 aromatic heterocycles. The highest BCUT2D eigenvalue weighted by molar-refractivity contribution is 7.65. The fourth-order valence-corrected chi connectivity index (χ4v) is 1.04. The van der Waals surface area contributed by atoms with Crippen LogP contribution in [0.1, 0.15) is 5.56 Å². The lowest BCUT2D eigenvalue weighted by atomic mass is 10.2. The van der Waals surface area contributed by atoms with Crippen molar-refractivity contribution in [3.63, 3.8) is 0 Å². The van der Waals surface area contributed by atoms with Crippen LogP contribution < -0.4 is 0 Å². The standard InChI is InChI=1S/C7H7OS/c1-6-3-2-4-7(5-6)9-8/h2-5H,1H3/q+1. The van der Waals surface area contributed by atoms with Gasteiger partial charge in [-0.25, -0.2) is 0 Å². The van der Waals surface area contributed by atoms with Crippen molar-refractivity contribution in [1.29, 1.82) is 0 Å². The van der Waals surface area contributed by atoms with Gasteiger partial charge in [0.1, 0.15) is 0 Å². The van der Waals surface area contributed by atoms with Gasteiger partial charge in [-0.1, -0.05) is 12.1 Å². The Morgan fingerprint density at radius 1 is 1.44 bits per heavy atom. The minimum Gasteiger partial charge on any atom is -0.0589 e. The Balaban J connectivity index is 3.07. The van der Waals surface area contributed by atoms with E-state index < -0.39 is 0 Å². The molecule has 0 saturated heterocycles. The Kier molecular flexibility index (Phi) is 1.90. The van der Waals surface area contributed by atoms with Crippen molar-refractivity contribution in [2.45, 2.75) is 11.8 Å². The van der Waals surface area contributed by atoms with Crippen LogP contribution in [0.15, 0.2) is 29.2 Å². The van der Waals surface area contributed by atoms with E-state index in [1.807, 2.05) is 31.2 Å². The summed E-state index contributed by atoms with van der Waals surface area (Å²) >= 11 is 0.533. The third kappa shape index (κ3) is 1.57. The van der Waals surface area contributed by atoms with Gasteiger partial charge in [0.2, 0.25) is 0 Å². The van der Waals surface area contributed by atoms with Gasteiger partial charge in [0.25, 0.3) is 4.90 Å². The molecular formula is C7H7OS+. The minimum absolute atomic E-state index is 0.533. The van der Waals surface area contributed by atoms with E-state index in [1.165, 1.54) is 0 Å². The maximum absolute atomic E-state index is 10.2. The maximum Gasteiger partial charge on any atom is 0.505 e. The molecule has 0 fully saturated rings. The molecule has 0 atom stereocenters. The maximum atomic E-state index is 10.2. The van der Waals surface area contributed by atoms with Gasteiger partial charge in [0.15, 0.2) is 0 Å². The Morgan fingerprint density at radius 3 is 2.67 bits per heavy atom. The molecule has 0 amide bonds. The van der Waals surface area contributed by atoms with E-state index in [4.69, 9.17) is 0 Å². The molecule has 0 heterocycles. The molecule has 0 saturated carbocycles. The number of hydrogen-bond donors (Lipinski definition) is 0. The van der Waals surface area contributed by atoms with E-state index in [0.717, 1.165) is 10.5 Å². The van der Waals surface area contributed by atoms with Crippen molar-refractivity contribution >= 4 is 11.7 Å². The van der Waals surface area contributed by atoms with Crippen LogP contribution in [0.5, 0.6) is 0 Å². The topological polar surface area (TPSA) is 17.1 Å². The molecule has 0 radical (unpaired) electrons. The summed E-state index contributed by atoms with van der Waals surface area (Å²) in [4.78, 5) is 0.787. The van der Waals surface area contributed by atoms with E-state index in [2.05, 4.69) is 0 Å². The second-order valence-corrected chi connectivity index (χ2v) is 2.54. The first-order chi connectivity index (χ1) is 4.33. The van der Waals surface area contributed by atoms with Crippen molar-refractivity contribution in [2.24, 2.45) is 0 Å². The predicted molar refractivity (Wildman–Crippen MR) is 37.5 cm³/mol. The van der Waals surface area contributed by atoms with Crippen LogP contribution in [-0.2, 0) is 15.9 Å². The van der Waals surface area contributed by atoms with Crippen molar-refractivity contribution in [2.75, 3.05) is 0 Å². The Bertz CT molecular complexity index is 220. The molecule has 1 aromatic carbocycles. The van der Waals surface area contributed by atoms with E-state index >= 15 is 0 Å². The van der Waals surface area contributed by atoms with Gasteiger partial charge in [-0.3, -0.25) is 0 Å². The lowest BCUT2D eigenvalue weighted by Crippen LogP contribution is -1.73. The molecule has 1 aromatic rings. The molecular weight excluding hydrogens is 132 g/mol. The second-order valence-electron chi connectivity index (χ2n) is 1.90. The highest BCUT2D eigenvalue weighted by atomic mass is 32.1. The molecule has 0 aliphatic rings. The first kappa shape index (κ1) is 6.36. The SMILES string of the molecule is Cc1cccc([S+]=O)c1. The van der Waals surface area contributed by atoms with Crippen LogP contribution in [0.3, 0.4) is 0 Å². The van der Waals surface area contributed by atoms with E-state index in [1.54, 1.807) is 0 Å². The molecule has 9 heavy (non-hydrogen) atoms. The number of rotatable bonds is 1. The average Bonchev–Trinajstić information content (AvgIpc) is 1.88. The summed E-state index contributed by atoms with van der Waals surface area (Å²) in [6.07, 6.45) is 0. The second kappa shape index (κ2) is 2.69. The van der Waals surface area contributed by atoms with Gasteiger partial charge in [-0.15, -0.1) is 0 Å². The lowest BCUT2D eigenvalue weighted by Gasteiger charge is -1.82. The zero-order chi connectivity index (χ0) is 6.69. The smallest absolute Gasteiger partial charge is 0.0589 e. The Labute approximate surface area is 58.2 Å². The zero-order valence-electron chi connectivity index (χ0n) is 5.13. The molecule has 0 unspecified atom stereocenters. The summed E-state index contributed by atoms with van der Waals surface area (Å²) in [5.74, 6) is 0. The summed E-state index contributed by atoms with van der Waals surface area (Å²) in [6.45, 7) is 1.97. The first-order valence-electron chi connectivity index (χ1n) is 2.69. The number of benzene rings is 1. The zero-order valence-corrected chi connectivity index (χ0v) is 5.94. The van der Waals surface area contributed by atoms with Crippen LogP contribution in [0, 0.1) is 6.92 Å². The van der Waals surface area contributed by atoms with E-state index in [9.17, 15) is 4.21 Å². The van der Waals surface area contributed by atoms with Gasteiger partial charge >= 0.3 is 11.7 Å². The summed E-state index contributed by atoms with van der Waals surface area (Å²) in [7, 11) is 0. The molecule has 1 rings (SSSR count). The summed E-state index contributed by atoms with van der Waals surface area (Å²) in [5.41, 5.74) is 1.14. The molecule has 1 nitrogen and oxygen atoms in total. The normalized spacial score (nSPS) is 9.00. The van der Waals surface area contributed by atoms with E-state index in [-0.39, 0.29) is 0 Å². The largest absolute Gasteiger partial charge is 0.505 e. The van der Waals surface area contributed by atoms with Crippen LogP contribution >= 0.6 is 0 Å². The van der Waals surface area contributed by atoms with Gasteiger partial charge in [-0.05, 0) is 12.5 Å². The Hall–Kier alpha value is -0.760. The van der Waals surface area contributed by atoms with Crippen LogP contribution in [0.4, 0.5) is 0 Å². The van der Waals surface area contributed by atoms with Gasteiger partial charge in [-0.2, -0.15) is 0 Å². The molecule has 2 heteroatoms. The summed E-state index contributed by atoms with van der Waals surface area (Å²) in [5, 5.41) is 0. The van der Waals surface area contributed by atoms with E-state index in [0.29, 0.717) is 11.7 Å². The monoisotopic (exact) mass is 139 g/mol. The van der Waals surface area contributed by atoms with Crippen molar-refractivity contribution < 1.29 is 4.21 Å². The number of aryl methyl sites for hydroxylation is 1. The van der Waals surface area contributed by atoms with Crippen LogP contribution in [0.2, 0.25) is 0 Å². The fraction of sp³-hybridized carbons (Fsp3) is 0.143. The van der Waals surface area contributed by atoms with Crippen molar-refractivity contribution in [3.05, 3.63) is 29.8 Å². The first-order valence-corrected chi connectivity index (χ1v) is 3.43. The highest BCUT2D eigenvalue weighted by Crippen LogP contribution is 2.02. The van der Waals surface area contributed by atoms with Crippen molar-refractivity contribution in [1.82, 2.24) is 0 Å². The highest BCUT2D eigenvalue weighted by Gasteiger charge is 2.02. The lowest BCUT2D eigenvalue weighted by molar-refractivity contribution is 0.605. The quantitative estimate of drug-likeness (QED) is 0.542. The van der Waals surface area contributed by atoms with Gasteiger partial charge in [0, 0.05) is 16.3 Å². The summed E-state index contributed by atoms with van der Waals surface area (Å²) in [6, 6.07) is 7.54. The van der Waals surface area contributed by atoms with Crippen LogP contribution in [-0.4, -0.2) is 0 Å². The molecule has 0 aliphatic heterocycles. The third-order valence-corrected chi connectivity index (χ3v) is 1.53. The molecule has 0 bridgehead atoms. The van der Waals surface area contributed by atoms with Gasteiger partial charge < -0.3 is 0 Å². The van der Waals surface area contributed by atoms with Crippen molar-refractivity contribution in [3.8, 4) is 0 Å². The third-order valence-electron chi connectivity index (χ3n) is 1.09. The molecule has 46 valence electrons. The van der Waals surface area contributed by atoms with Crippen LogP contribution in [0.25, 0.3) is 0 Å².